The monoisotopic (exact) mass is 361 g/mol. The number of methoxy groups -OCH3 is 2. The molecular formula is C18H23N3O5. The van der Waals surface area contributed by atoms with Gasteiger partial charge in [0.25, 0.3) is 11.8 Å². The number of carbonyl (C=O) groups excluding carboxylic acids is 2. The average molecular weight is 361 g/mol. The smallest absolute Gasteiger partial charge is 0.291 e. The number of furan rings is 1. The van der Waals surface area contributed by atoms with Crippen LogP contribution in [0.4, 0.5) is 5.69 Å². The number of hydrogen-bond donors (Lipinski definition) is 2. The standard InChI is InChI=1S/C18H23N3O5/c1-19-7-8-21(2)18(23)12-10-15(24-3)16(25-4)11-13(12)20-17(22)14-6-5-9-26-14/h5-6,9-11,19H,7-8H2,1-4H3,(H,20,22). The molecule has 0 aliphatic heterocycles. The van der Waals surface area contributed by atoms with Crippen LogP contribution in [0.1, 0.15) is 20.9 Å². The molecule has 0 aliphatic rings. The van der Waals surface area contributed by atoms with E-state index in [9.17, 15) is 9.59 Å². The molecule has 0 bridgehead atoms. The molecule has 0 radical (unpaired) electrons. The number of anilines is 1. The number of carbonyl (C=O) groups is 2. The molecule has 2 rings (SSSR count). The van der Waals surface area contributed by atoms with Gasteiger partial charge in [-0.2, -0.15) is 0 Å². The van der Waals surface area contributed by atoms with E-state index in [-0.39, 0.29) is 11.7 Å². The van der Waals surface area contributed by atoms with Gasteiger partial charge in [-0.25, -0.2) is 0 Å². The Hall–Kier alpha value is -3.00. The van der Waals surface area contributed by atoms with Crippen LogP contribution in [0.15, 0.2) is 34.9 Å². The molecule has 140 valence electrons. The SMILES string of the molecule is CNCCN(C)C(=O)c1cc(OC)c(OC)cc1NC(=O)c1ccco1. The van der Waals surface area contributed by atoms with Gasteiger partial charge >= 0.3 is 0 Å². The maximum atomic E-state index is 12.8. The first kappa shape index (κ1) is 19.3. The summed E-state index contributed by atoms with van der Waals surface area (Å²) in [7, 11) is 6.46. The van der Waals surface area contributed by atoms with Gasteiger partial charge in [0.2, 0.25) is 0 Å². The highest BCUT2D eigenvalue weighted by Crippen LogP contribution is 2.34. The fourth-order valence-electron chi connectivity index (χ4n) is 2.34. The van der Waals surface area contributed by atoms with Crippen LogP contribution in [0.5, 0.6) is 11.5 Å². The van der Waals surface area contributed by atoms with E-state index in [2.05, 4.69) is 10.6 Å². The van der Waals surface area contributed by atoms with E-state index >= 15 is 0 Å². The third kappa shape index (κ3) is 4.34. The quantitative estimate of drug-likeness (QED) is 0.745. The lowest BCUT2D eigenvalue weighted by Gasteiger charge is -2.20. The molecule has 1 aromatic heterocycles. The third-order valence-corrected chi connectivity index (χ3v) is 3.79. The topological polar surface area (TPSA) is 93.0 Å². The average Bonchev–Trinajstić information content (AvgIpc) is 3.19. The van der Waals surface area contributed by atoms with Gasteiger partial charge in [-0.05, 0) is 25.2 Å². The van der Waals surface area contributed by atoms with Crippen LogP contribution >= 0.6 is 0 Å². The molecule has 1 aromatic carbocycles. The van der Waals surface area contributed by atoms with Crippen molar-refractivity contribution in [1.82, 2.24) is 10.2 Å². The Labute approximate surface area is 152 Å². The molecule has 26 heavy (non-hydrogen) atoms. The predicted molar refractivity (Wildman–Crippen MR) is 97.1 cm³/mol. The highest BCUT2D eigenvalue weighted by molar-refractivity contribution is 6.08. The summed E-state index contributed by atoms with van der Waals surface area (Å²) in [6.45, 7) is 1.15. The summed E-state index contributed by atoms with van der Waals surface area (Å²) in [5.74, 6) is 0.220. The zero-order valence-corrected chi connectivity index (χ0v) is 15.3. The first-order chi connectivity index (χ1) is 12.5. The second-order valence-corrected chi connectivity index (χ2v) is 5.51. The van der Waals surface area contributed by atoms with Gasteiger partial charge in [0, 0.05) is 26.2 Å². The van der Waals surface area contributed by atoms with Crippen LogP contribution in [0.2, 0.25) is 0 Å². The summed E-state index contributed by atoms with van der Waals surface area (Å²) in [5.41, 5.74) is 0.603. The van der Waals surface area contributed by atoms with Crippen molar-refractivity contribution in [2.24, 2.45) is 0 Å². The molecule has 2 N–H and O–H groups in total. The van der Waals surface area contributed by atoms with E-state index in [1.165, 1.54) is 26.5 Å². The van der Waals surface area contributed by atoms with Crippen molar-refractivity contribution in [3.63, 3.8) is 0 Å². The van der Waals surface area contributed by atoms with Crippen LogP contribution in [0.3, 0.4) is 0 Å². The number of likely N-dealkylation sites (N-methyl/N-ethyl adjacent to an activating group) is 2. The number of ether oxygens (including phenoxy) is 2. The van der Waals surface area contributed by atoms with Crippen molar-refractivity contribution in [3.8, 4) is 11.5 Å². The van der Waals surface area contributed by atoms with Gasteiger partial charge in [0.1, 0.15) is 0 Å². The van der Waals surface area contributed by atoms with E-state index in [0.29, 0.717) is 35.8 Å². The number of benzene rings is 1. The molecule has 0 spiro atoms. The highest BCUT2D eigenvalue weighted by atomic mass is 16.5. The van der Waals surface area contributed by atoms with E-state index in [1.807, 2.05) is 7.05 Å². The lowest BCUT2D eigenvalue weighted by molar-refractivity contribution is 0.0797. The molecular weight excluding hydrogens is 338 g/mol. The zero-order chi connectivity index (χ0) is 19.1. The zero-order valence-electron chi connectivity index (χ0n) is 15.3. The maximum absolute atomic E-state index is 12.8. The Kier molecular flexibility index (Phi) is 6.62. The molecule has 2 amide bonds. The number of nitrogens with zero attached hydrogens (tertiary/aromatic N) is 1. The largest absolute Gasteiger partial charge is 0.493 e. The first-order valence-electron chi connectivity index (χ1n) is 8.02. The minimum absolute atomic E-state index is 0.140. The van der Waals surface area contributed by atoms with E-state index < -0.39 is 5.91 Å². The molecule has 8 nitrogen and oxygen atoms in total. The molecule has 0 atom stereocenters. The summed E-state index contributed by atoms with van der Waals surface area (Å²) < 4.78 is 15.7. The van der Waals surface area contributed by atoms with Crippen molar-refractivity contribution in [3.05, 3.63) is 41.9 Å². The van der Waals surface area contributed by atoms with Crippen LogP contribution in [0.25, 0.3) is 0 Å². The van der Waals surface area contributed by atoms with Gasteiger partial charge in [-0.15, -0.1) is 0 Å². The Bertz CT molecular complexity index is 758. The lowest BCUT2D eigenvalue weighted by atomic mass is 10.1. The Morgan fingerprint density at radius 2 is 1.88 bits per heavy atom. The van der Waals surface area contributed by atoms with E-state index in [1.54, 1.807) is 30.1 Å². The van der Waals surface area contributed by atoms with Crippen LogP contribution in [-0.2, 0) is 0 Å². The molecule has 2 aromatic rings. The number of nitrogens with one attached hydrogen (secondary N) is 2. The molecule has 0 saturated carbocycles. The number of amides is 2. The molecule has 1 heterocycles. The predicted octanol–water partition coefficient (Wildman–Crippen LogP) is 1.84. The third-order valence-electron chi connectivity index (χ3n) is 3.79. The number of hydrogen-bond acceptors (Lipinski definition) is 6. The fraction of sp³-hybridized carbons (Fsp3) is 0.333. The Morgan fingerprint density at radius 1 is 1.19 bits per heavy atom. The maximum Gasteiger partial charge on any atom is 0.291 e. The fourth-order valence-corrected chi connectivity index (χ4v) is 2.34. The molecule has 8 heteroatoms. The van der Waals surface area contributed by atoms with E-state index in [4.69, 9.17) is 13.9 Å². The van der Waals surface area contributed by atoms with Crippen molar-refractivity contribution in [2.75, 3.05) is 46.7 Å². The van der Waals surface area contributed by atoms with Crippen molar-refractivity contribution >= 4 is 17.5 Å². The van der Waals surface area contributed by atoms with Crippen LogP contribution in [0, 0.1) is 0 Å². The van der Waals surface area contributed by atoms with Crippen LogP contribution < -0.4 is 20.1 Å². The van der Waals surface area contributed by atoms with Gasteiger partial charge < -0.3 is 29.4 Å². The number of rotatable bonds is 8. The van der Waals surface area contributed by atoms with E-state index in [0.717, 1.165) is 0 Å². The molecule has 0 fully saturated rings. The Balaban J connectivity index is 2.39. The van der Waals surface area contributed by atoms with Crippen molar-refractivity contribution in [2.45, 2.75) is 0 Å². The Morgan fingerprint density at radius 3 is 2.46 bits per heavy atom. The first-order valence-corrected chi connectivity index (χ1v) is 8.02. The second kappa shape index (κ2) is 8.91. The summed E-state index contributed by atoms with van der Waals surface area (Å²) >= 11 is 0. The summed E-state index contributed by atoms with van der Waals surface area (Å²) in [5, 5.41) is 5.69. The van der Waals surface area contributed by atoms with Gasteiger partial charge in [0.05, 0.1) is 31.7 Å². The lowest BCUT2D eigenvalue weighted by Crippen LogP contribution is -2.33. The van der Waals surface area contributed by atoms with Gasteiger partial charge in [-0.3, -0.25) is 9.59 Å². The second-order valence-electron chi connectivity index (χ2n) is 5.51. The highest BCUT2D eigenvalue weighted by Gasteiger charge is 2.22. The van der Waals surface area contributed by atoms with Gasteiger partial charge in [-0.1, -0.05) is 0 Å². The molecule has 0 aliphatic carbocycles. The normalized spacial score (nSPS) is 10.3. The van der Waals surface area contributed by atoms with Crippen LogP contribution in [-0.4, -0.2) is 58.1 Å². The van der Waals surface area contributed by atoms with Crippen molar-refractivity contribution < 1.29 is 23.5 Å². The molecule has 0 saturated heterocycles. The minimum Gasteiger partial charge on any atom is -0.493 e. The molecule has 0 unspecified atom stereocenters. The minimum atomic E-state index is -0.464. The van der Waals surface area contributed by atoms with Gasteiger partial charge in [0.15, 0.2) is 17.3 Å². The van der Waals surface area contributed by atoms with Crippen molar-refractivity contribution in [1.29, 1.82) is 0 Å². The summed E-state index contributed by atoms with van der Waals surface area (Å²) in [6, 6.07) is 6.26. The summed E-state index contributed by atoms with van der Waals surface area (Å²) in [6.07, 6.45) is 1.40. The summed E-state index contributed by atoms with van der Waals surface area (Å²) in [4.78, 5) is 26.7.